The van der Waals surface area contributed by atoms with E-state index in [1.54, 1.807) is 0 Å². The van der Waals surface area contributed by atoms with Crippen molar-refractivity contribution in [1.29, 1.82) is 0 Å². The van der Waals surface area contributed by atoms with Crippen LogP contribution in [0.4, 0.5) is 5.00 Å². The van der Waals surface area contributed by atoms with Gasteiger partial charge >= 0.3 is 0 Å². The van der Waals surface area contributed by atoms with Gasteiger partial charge in [-0.1, -0.05) is 35.5 Å². The monoisotopic (exact) mass is 243 g/mol. The maximum absolute atomic E-state index is 5.66. The molecule has 5 heteroatoms. The van der Waals surface area contributed by atoms with Crippen LogP contribution in [0.5, 0.6) is 0 Å². The molecule has 3 rings (SSSR count). The molecule has 0 spiro atoms. The van der Waals surface area contributed by atoms with Gasteiger partial charge in [-0.25, -0.2) is 0 Å². The molecule has 0 bridgehead atoms. The molecule has 0 atom stereocenters. The first-order valence-corrected chi connectivity index (χ1v) is 5.89. The zero-order valence-electron chi connectivity index (χ0n) is 8.83. The number of aromatic nitrogens is 2. The Morgan fingerprint density at radius 2 is 1.88 bits per heavy atom. The molecule has 3 aromatic rings. The van der Waals surface area contributed by atoms with E-state index in [1.165, 1.54) is 11.3 Å². The second-order valence-electron chi connectivity index (χ2n) is 3.49. The van der Waals surface area contributed by atoms with E-state index in [0.29, 0.717) is 11.7 Å². The number of benzene rings is 1. The molecular weight excluding hydrogens is 234 g/mol. The lowest BCUT2D eigenvalue weighted by Gasteiger charge is -1.90. The molecule has 84 valence electrons. The highest BCUT2D eigenvalue weighted by Gasteiger charge is 2.11. The van der Waals surface area contributed by atoms with E-state index < -0.39 is 0 Å². The molecular formula is C12H9N3OS. The predicted octanol–water partition coefficient (Wildman–Crippen LogP) is 3.05. The average molecular weight is 243 g/mol. The molecule has 1 aromatic carbocycles. The molecule has 2 heterocycles. The molecule has 2 N–H and O–H groups in total. The van der Waals surface area contributed by atoms with Gasteiger partial charge in [-0.3, -0.25) is 0 Å². The second-order valence-corrected chi connectivity index (χ2v) is 4.61. The van der Waals surface area contributed by atoms with E-state index in [2.05, 4.69) is 10.1 Å². The molecule has 0 saturated carbocycles. The van der Waals surface area contributed by atoms with Crippen LogP contribution in [0.2, 0.25) is 0 Å². The van der Waals surface area contributed by atoms with Gasteiger partial charge in [-0.05, 0) is 12.1 Å². The molecule has 0 aliphatic heterocycles. The number of anilines is 1. The van der Waals surface area contributed by atoms with Crippen molar-refractivity contribution in [2.45, 2.75) is 0 Å². The largest absolute Gasteiger partial charge is 0.391 e. The van der Waals surface area contributed by atoms with Crippen molar-refractivity contribution in [2.24, 2.45) is 0 Å². The highest BCUT2D eigenvalue weighted by Crippen LogP contribution is 2.29. The van der Waals surface area contributed by atoms with E-state index in [0.717, 1.165) is 15.4 Å². The third kappa shape index (κ3) is 1.92. The molecule has 0 unspecified atom stereocenters. The van der Waals surface area contributed by atoms with Gasteiger partial charge in [-0.15, -0.1) is 11.3 Å². The minimum atomic E-state index is 0.505. The average Bonchev–Trinajstić information content (AvgIpc) is 2.98. The molecule has 0 fully saturated rings. The van der Waals surface area contributed by atoms with Gasteiger partial charge in [0.25, 0.3) is 5.89 Å². The molecule has 0 saturated heterocycles. The normalized spacial score (nSPS) is 10.6. The van der Waals surface area contributed by atoms with E-state index in [1.807, 2.05) is 42.5 Å². The van der Waals surface area contributed by atoms with E-state index in [4.69, 9.17) is 10.3 Å². The molecule has 0 aliphatic rings. The lowest BCUT2D eigenvalue weighted by Crippen LogP contribution is -1.78. The Morgan fingerprint density at radius 1 is 1.06 bits per heavy atom. The van der Waals surface area contributed by atoms with Gasteiger partial charge < -0.3 is 10.3 Å². The fraction of sp³-hybridized carbons (Fsp3) is 0. The Balaban J connectivity index is 1.99. The Bertz CT molecular complexity index is 630. The maximum Gasteiger partial charge on any atom is 0.268 e. The van der Waals surface area contributed by atoms with Crippen LogP contribution >= 0.6 is 11.3 Å². The molecule has 0 radical (unpaired) electrons. The number of thiophene rings is 1. The summed E-state index contributed by atoms with van der Waals surface area (Å²) in [5.74, 6) is 1.10. The Hall–Kier alpha value is -2.14. The maximum atomic E-state index is 5.66. The summed E-state index contributed by atoms with van der Waals surface area (Å²) in [5, 5.41) is 4.69. The summed E-state index contributed by atoms with van der Waals surface area (Å²) in [6.45, 7) is 0. The summed E-state index contributed by atoms with van der Waals surface area (Å²) < 4.78 is 5.21. The zero-order chi connectivity index (χ0) is 11.7. The SMILES string of the molecule is Nc1ccc(-c2nc(-c3ccccc3)no2)s1. The summed E-state index contributed by atoms with van der Waals surface area (Å²) in [6, 6.07) is 13.4. The number of nitrogens with two attached hydrogens (primary N) is 1. The van der Waals surface area contributed by atoms with Crippen molar-refractivity contribution in [3.05, 3.63) is 42.5 Å². The number of rotatable bonds is 2. The highest BCUT2D eigenvalue weighted by molar-refractivity contribution is 7.19. The van der Waals surface area contributed by atoms with Gasteiger partial charge in [0, 0.05) is 5.56 Å². The van der Waals surface area contributed by atoms with Crippen LogP contribution in [0.15, 0.2) is 47.0 Å². The Labute approximate surface area is 102 Å². The standard InChI is InChI=1S/C12H9N3OS/c13-10-7-6-9(17-10)12-14-11(15-16-12)8-4-2-1-3-5-8/h1-7H,13H2. The Morgan fingerprint density at radius 3 is 2.59 bits per heavy atom. The summed E-state index contributed by atoms with van der Waals surface area (Å²) in [4.78, 5) is 5.23. The third-order valence-corrected chi connectivity index (χ3v) is 3.20. The minimum absolute atomic E-state index is 0.505. The van der Waals surface area contributed by atoms with Crippen LogP contribution in [0, 0.1) is 0 Å². The van der Waals surface area contributed by atoms with Gasteiger partial charge in [0.05, 0.1) is 9.88 Å². The smallest absolute Gasteiger partial charge is 0.268 e. The van der Waals surface area contributed by atoms with Crippen LogP contribution in [0.25, 0.3) is 22.2 Å². The van der Waals surface area contributed by atoms with Crippen molar-refractivity contribution in [3.63, 3.8) is 0 Å². The molecule has 0 aliphatic carbocycles. The van der Waals surface area contributed by atoms with Gasteiger partial charge in [0.2, 0.25) is 5.82 Å². The van der Waals surface area contributed by atoms with Crippen molar-refractivity contribution >= 4 is 16.3 Å². The van der Waals surface area contributed by atoms with Crippen molar-refractivity contribution in [2.75, 3.05) is 5.73 Å². The van der Waals surface area contributed by atoms with Crippen LogP contribution in [-0.2, 0) is 0 Å². The van der Waals surface area contributed by atoms with E-state index in [9.17, 15) is 0 Å². The number of nitrogen functional groups attached to an aromatic ring is 1. The van der Waals surface area contributed by atoms with E-state index >= 15 is 0 Å². The molecule has 2 aromatic heterocycles. The fourth-order valence-corrected chi connectivity index (χ4v) is 2.19. The van der Waals surface area contributed by atoms with Crippen molar-refractivity contribution in [3.8, 4) is 22.2 Å². The van der Waals surface area contributed by atoms with E-state index in [-0.39, 0.29) is 0 Å². The summed E-state index contributed by atoms with van der Waals surface area (Å²) in [7, 11) is 0. The number of nitrogens with zero attached hydrogens (tertiary/aromatic N) is 2. The highest BCUT2D eigenvalue weighted by atomic mass is 32.1. The van der Waals surface area contributed by atoms with Gasteiger partial charge in [0.15, 0.2) is 0 Å². The zero-order valence-corrected chi connectivity index (χ0v) is 9.65. The van der Waals surface area contributed by atoms with Crippen LogP contribution < -0.4 is 5.73 Å². The van der Waals surface area contributed by atoms with Crippen molar-refractivity contribution in [1.82, 2.24) is 10.1 Å². The summed E-state index contributed by atoms with van der Waals surface area (Å²) in [6.07, 6.45) is 0. The quantitative estimate of drug-likeness (QED) is 0.751. The fourth-order valence-electron chi connectivity index (χ4n) is 1.50. The second kappa shape index (κ2) is 4.03. The Kier molecular flexibility index (Phi) is 2.38. The number of hydrogen-bond acceptors (Lipinski definition) is 5. The number of hydrogen-bond donors (Lipinski definition) is 1. The first-order chi connectivity index (χ1) is 8.33. The van der Waals surface area contributed by atoms with Crippen LogP contribution in [-0.4, -0.2) is 10.1 Å². The van der Waals surface area contributed by atoms with Gasteiger partial charge in [-0.2, -0.15) is 4.98 Å². The molecule has 17 heavy (non-hydrogen) atoms. The topological polar surface area (TPSA) is 64.9 Å². The predicted molar refractivity (Wildman–Crippen MR) is 67.5 cm³/mol. The summed E-state index contributed by atoms with van der Waals surface area (Å²) >= 11 is 1.43. The molecule has 0 amide bonds. The first-order valence-electron chi connectivity index (χ1n) is 5.08. The lowest BCUT2D eigenvalue weighted by atomic mass is 10.2. The van der Waals surface area contributed by atoms with Crippen molar-refractivity contribution < 1.29 is 4.52 Å². The lowest BCUT2D eigenvalue weighted by molar-refractivity contribution is 0.433. The van der Waals surface area contributed by atoms with Crippen LogP contribution in [0.3, 0.4) is 0 Å². The van der Waals surface area contributed by atoms with Crippen LogP contribution in [0.1, 0.15) is 0 Å². The van der Waals surface area contributed by atoms with Gasteiger partial charge in [0.1, 0.15) is 0 Å². The third-order valence-electron chi connectivity index (χ3n) is 2.30. The minimum Gasteiger partial charge on any atom is -0.391 e. The summed E-state index contributed by atoms with van der Waals surface area (Å²) in [5.41, 5.74) is 6.60. The first kappa shape index (κ1) is 10.0. The molecule has 4 nitrogen and oxygen atoms in total.